The maximum absolute atomic E-state index is 12.3. The van der Waals surface area contributed by atoms with Crippen LogP contribution in [0, 0.1) is 5.92 Å². The summed E-state index contributed by atoms with van der Waals surface area (Å²) in [5.74, 6) is -2.78. The summed E-state index contributed by atoms with van der Waals surface area (Å²) in [5, 5.41) is 9.49. The Labute approximate surface area is 152 Å². The van der Waals surface area contributed by atoms with Crippen LogP contribution in [-0.2, 0) is 23.9 Å². The Kier molecular flexibility index (Phi) is 6.18. The van der Waals surface area contributed by atoms with Gasteiger partial charge in [-0.3, -0.25) is 0 Å². The highest BCUT2D eigenvalue weighted by molar-refractivity contribution is 5.92. The van der Waals surface area contributed by atoms with Crippen LogP contribution < -0.4 is 0 Å². The third-order valence-electron chi connectivity index (χ3n) is 4.75. The van der Waals surface area contributed by atoms with Gasteiger partial charge in [0.2, 0.25) is 0 Å². The molecular weight excluding hydrogens is 336 g/mol. The zero-order valence-electron chi connectivity index (χ0n) is 15.3. The van der Waals surface area contributed by atoms with Crippen molar-refractivity contribution in [3.8, 4) is 0 Å². The van der Waals surface area contributed by atoms with Gasteiger partial charge in [-0.2, -0.15) is 0 Å². The highest BCUT2D eigenvalue weighted by atomic mass is 16.6. The maximum atomic E-state index is 12.3. The molecule has 0 aromatic heterocycles. The average Bonchev–Trinajstić information content (AvgIpc) is 2.85. The van der Waals surface area contributed by atoms with Gasteiger partial charge in [-0.15, -0.1) is 0 Å². The number of carboxylic acids is 1. The molecule has 140 valence electrons. The van der Waals surface area contributed by atoms with Gasteiger partial charge >= 0.3 is 17.9 Å². The molecule has 1 heterocycles. The lowest BCUT2D eigenvalue weighted by atomic mass is 9.85. The zero-order valence-corrected chi connectivity index (χ0v) is 15.3. The Morgan fingerprint density at radius 2 is 2.12 bits per heavy atom. The molecule has 0 amide bonds. The SMILES string of the molecule is C=C1C(=O)O[C@@H]2/C=C(\C)CC/C=C(\C(=O)O)C[C@H](OC(=O)/C(C)=C\C)[C@@H]12. The topological polar surface area (TPSA) is 89.9 Å². The largest absolute Gasteiger partial charge is 0.478 e. The molecule has 1 aliphatic carbocycles. The first-order valence-electron chi connectivity index (χ1n) is 8.57. The molecule has 1 fully saturated rings. The summed E-state index contributed by atoms with van der Waals surface area (Å²) in [6, 6.07) is 0. The van der Waals surface area contributed by atoms with Gasteiger partial charge in [0, 0.05) is 23.1 Å². The number of aliphatic carboxylic acids is 1. The van der Waals surface area contributed by atoms with Crippen LogP contribution in [0.2, 0.25) is 0 Å². The lowest BCUT2D eigenvalue weighted by Crippen LogP contribution is -2.34. The molecule has 6 nitrogen and oxygen atoms in total. The number of carbonyl (C=O) groups excluding carboxylic acids is 2. The van der Waals surface area contributed by atoms with Gasteiger partial charge in [0.15, 0.2) is 0 Å². The normalized spacial score (nSPS) is 31.0. The summed E-state index contributed by atoms with van der Waals surface area (Å²) in [7, 11) is 0. The van der Waals surface area contributed by atoms with E-state index in [-0.39, 0.29) is 17.6 Å². The number of rotatable bonds is 3. The molecule has 6 heteroatoms. The highest BCUT2D eigenvalue weighted by Gasteiger charge is 2.45. The van der Waals surface area contributed by atoms with Crippen molar-refractivity contribution in [1.29, 1.82) is 0 Å². The van der Waals surface area contributed by atoms with Crippen LogP contribution in [0.1, 0.15) is 40.0 Å². The summed E-state index contributed by atoms with van der Waals surface area (Å²) in [6.45, 7) is 9.01. The molecular formula is C20H24O6. The van der Waals surface area contributed by atoms with E-state index in [9.17, 15) is 19.5 Å². The molecule has 0 bridgehead atoms. The van der Waals surface area contributed by atoms with Gasteiger partial charge in [0.25, 0.3) is 0 Å². The molecule has 2 aliphatic rings. The minimum atomic E-state index is -1.07. The van der Waals surface area contributed by atoms with Crippen molar-refractivity contribution in [2.24, 2.45) is 5.92 Å². The molecule has 1 N–H and O–H groups in total. The average molecular weight is 360 g/mol. The van der Waals surface area contributed by atoms with E-state index >= 15 is 0 Å². The number of hydrogen-bond donors (Lipinski definition) is 1. The van der Waals surface area contributed by atoms with Crippen molar-refractivity contribution in [2.75, 3.05) is 0 Å². The number of fused-ring (bicyclic) bond motifs is 1. The van der Waals surface area contributed by atoms with Crippen LogP contribution in [0.4, 0.5) is 0 Å². The number of carboxylic acid groups (broad SMARTS) is 1. The molecule has 26 heavy (non-hydrogen) atoms. The fourth-order valence-electron chi connectivity index (χ4n) is 3.08. The molecule has 0 radical (unpaired) electrons. The molecule has 0 spiro atoms. The zero-order chi connectivity index (χ0) is 19.4. The van der Waals surface area contributed by atoms with E-state index in [0.717, 1.165) is 5.57 Å². The lowest BCUT2D eigenvalue weighted by molar-refractivity contribution is -0.148. The molecule has 0 saturated carbocycles. The fraction of sp³-hybridized carbons (Fsp3) is 0.450. The summed E-state index contributed by atoms with van der Waals surface area (Å²) in [4.78, 5) is 35.9. The van der Waals surface area contributed by atoms with E-state index in [4.69, 9.17) is 9.47 Å². The van der Waals surface area contributed by atoms with Crippen LogP contribution in [0.3, 0.4) is 0 Å². The monoisotopic (exact) mass is 360 g/mol. The van der Waals surface area contributed by atoms with E-state index in [2.05, 4.69) is 6.58 Å². The van der Waals surface area contributed by atoms with E-state index in [1.807, 2.05) is 13.0 Å². The van der Waals surface area contributed by atoms with Crippen LogP contribution in [-0.4, -0.2) is 35.2 Å². The second-order valence-electron chi connectivity index (χ2n) is 6.63. The molecule has 1 aliphatic heterocycles. The van der Waals surface area contributed by atoms with Crippen molar-refractivity contribution in [2.45, 2.75) is 52.2 Å². The van der Waals surface area contributed by atoms with E-state index in [0.29, 0.717) is 18.4 Å². The first-order valence-corrected chi connectivity index (χ1v) is 8.57. The molecule has 0 aromatic carbocycles. The minimum absolute atomic E-state index is 0.0121. The van der Waals surface area contributed by atoms with Crippen molar-refractivity contribution >= 4 is 17.9 Å². The number of esters is 2. The maximum Gasteiger partial charge on any atom is 0.334 e. The molecule has 0 unspecified atom stereocenters. The summed E-state index contributed by atoms with van der Waals surface area (Å²) < 4.78 is 11.0. The fourth-order valence-corrected chi connectivity index (χ4v) is 3.08. The van der Waals surface area contributed by atoms with Crippen LogP contribution in [0.15, 0.2) is 47.1 Å². The van der Waals surface area contributed by atoms with Gasteiger partial charge in [0.05, 0.1) is 5.92 Å². The first kappa shape index (κ1) is 19.7. The number of hydrogen-bond acceptors (Lipinski definition) is 5. The Morgan fingerprint density at radius 1 is 1.42 bits per heavy atom. The minimum Gasteiger partial charge on any atom is -0.478 e. The van der Waals surface area contributed by atoms with Gasteiger partial charge in [-0.25, -0.2) is 14.4 Å². The lowest BCUT2D eigenvalue weighted by Gasteiger charge is -2.27. The summed E-state index contributed by atoms with van der Waals surface area (Å²) in [6.07, 6.45) is 4.81. The van der Waals surface area contributed by atoms with Gasteiger partial charge in [-0.05, 0) is 39.7 Å². The van der Waals surface area contributed by atoms with Crippen LogP contribution in [0.5, 0.6) is 0 Å². The predicted octanol–water partition coefficient (Wildman–Crippen LogP) is 3.10. The second-order valence-corrected chi connectivity index (χ2v) is 6.63. The molecule has 1 saturated heterocycles. The van der Waals surface area contributed by atoms with Gasteiger partial charge in [-0.1, -0.05) is 24.3 Å². The second kappa shape index (κ2) is 8.17. The number of ether oxygens (including phenoxy) is 2. The predicted molar refractivity (Wildman–Crippen MR) is 95.1 cm³/mol. The Balaban J connectivity index is 2.46. The van der Waals surface area contributed by atoms with E-state index in [1.54, 1.807) is 26.0 Å². The third kappa shape index (κ3) is 4.31. The van der Waals surface area contributed by atoms with Gasteiger partial charge < -0.3 is 14.6 Å². The highest BCUT2D eigenvalue weighted by Crippen LogP contribution is 2.36. The third-order valence-corrected chi connectivity index (χ3v) is 4.75. The Morgan fingerprint density at radius 3 is 2.73 bits per heavy atom. The van der Waals surface area contributed by atoms with Crippen LogP contribution in [0.25, 0.3) is 0 Å². The van der Waals surface area contributed by atoms with Crippen LogP contribution >= 0.6 is 0 Å². The smallest absolute Gasteiger partial charge is 0.334 e. The first-order chi connectivity index (χ1) is 12.2. The molecule has 2 rings (SSSR count). The van der Waals surface area contributed by atoms with E-state index < -0.39 is 36.0 Å². The Hall–Kier alpha value is -2.63. The quantitative estimate of drug-likeness (QED) is 0.472. The number of allylic oxidation sites excluding steroid dienone is 3. The van der Waals surface area contributed by atoms with Crippen molar-refractivity contribution in [3.05, 3.63) is 47.1 Å². The summed E-state index contributed by atoms with van der Waals surface area (Å²) >= 11 is 0. The molecule has 0 aromatic rings. The van der Waals surface area contributed by atoms with E-state index in [1.165, 1.54) is 0 Å². The molecule has 3 atom stereocenters. The van der Waals surface area contributed by atoms with Gasteiger partial charge in [0.1, 0.15) is 12.2 Å². The standard InChI is InChI=1S/C20H24O6/c1-5-12(3)19(23)25-16-10-14(18(21)22)8-6-7-11(2)9-15-17(16)13(4)20(24)26-15/h5,8-9,15-17H,4,6-7,10H2,1-3H3,(H,21,22)/b11-9+,12-5-,14-8-/t15-,16+,17+/m1/s1. The van der Waals surface area contributed by atoms with Crippen molar-refractivity contribution in [1.82, 2.24) is 0 Å². The Bertz CT molecular complexity index is 725. The summed E-state index contributed by atoms with van der Waals surface area (Å²) in [5.41, 5.74) is 1.73. The van der Waals surface area contributed by atoms with Crippen molar-refractivity contribution < 1.29 is 29.0 Å². The van der Waals surface area contributed by atoms with Crippen molar-refractivity contribution in [3.63, 3.8) is 0 Å². The number of carbonyl (C=O) groups is 3.